The van der Waals surface area contributed by atoms with Gasteiger partial charge in [-0.25, -0.2) is 0 Å². The van der Waals surface area contributed by atoms with Gasteiger partial charge in [0.05, 0.1) is 0 Å². The van der Waals surface area contributed by atoms with Gasteiger partial charge in [0.15, 0.2) is 0 Å². The first-order chi connectivity index (χ1) is 8.25. The third-order valence-electron chi connectivity index (χ3n) is 2.77. The summed E-state index contributed by atoms with van der Waals surface area (Å²) in [7, 11) is 0. The van der Waals surface area contributed by atoms with Crippen LogP contribution in [0.15, 0.2) is 60.7 Å². The van der Waals surface area contributed by atoms with E-state index in [1.165, 1.54) is 14.7 Å². The Balaban J connectivity index is 2.08. The molecule has 0 spiro atoms. The van der Waals surface area contributed by atoms with Crippen LogP contribution in [0.25, 0.3) is 6.08 Å². The summed E-state index contributed by atoms with van der Waals surface area (Å²) in [5.74, 6) is 0.454. The molecular formula is C16H15I. The normalized spacial score (nSPS) is 12.8. The Morgan fingerprint density at radius 3 is 2.24 bits per heavy atom. The summed E-state index contributed by atoms with van der Waals surface area (Å²) in [6, 6.07) is 19.1. The molecule has 1 unspecified atom stereocenters. The zero-order chi connectivity index (χ0) is 12.1. The van der Waals surface area contributed by atoms with Gasteiger partial charge in [0.25, 0.3) is 0 Å². The predicted molar refractivity (Wildman–Crippen MR) is 83.1 cm³/mol. The Hall–Kier alpha value is -1.09. The highest BCUT2D eigenvalue weighted by Gasteiger charge is 1.99. The molecule has 0 bridgehead atoms. The molecule has 0 aliphatic rings. The molecule has 2 aromatic rings. The second-order valence-corrected chi connectivity index (χ2v) is 5.36. The van der Waals surface area contributed by atoms with Gasteiger partial charge >= 0.3 is 0 Å². The first-order valence-corrected chi connectivity index (χ1v) is 6.82. The fraction of sp³-hybridized carbons (Fsp3) is 0.125. The second kappa shape index (κ2) is 6.01. The highest BCUT2D eigenvalue weighted by Crippen LogP contribution is 2.17. The molecule has 2 aromatic carbocycles. The zero-order valence-corrected chi connectivity index (χ0v) is 12.0. The largest absolute Gasteiger partial charge is 0.0767 e. The van der Waals surface area contributed by atoms with E-state index >= 15 is 0 Å². The Kier molecular flexibility index (Phi) is 4.37. The summed E-state index contributed by atoms with van der Waals surface area (Å²) in [5, 5.41) is 0. The predicted octanol–water partition coefficient (Wildman–Crippen LogP) is 5.11. The van der Waals surface area contributed by atoms with E-state index in [0.29, 0.717) is 5.92 Å². The van der Waals surface area contributed by atoms with E-state index < -0.39 is 0 Å². The fourth-order valence-electron chi connectivity index (χ4n) is 1.70. The monoisotopic (exact) mass is 334 g/mol. The molecule has 0 saturated heterocycles. The average Bonchev–Trinajstić information content (AvgIpc) is 2.39. The van der Waals surface area contributed by atoms with Crippen molar-refractivity contribution in [3.05, 3.63) is 75.4 Å². The second-order valence-electron chi connectivity index (χ2n) is 4.11. The standard InChI is InChI=1S/C16H15I/c1-13(15-5-3-2-4-6-15)7-8-14-9-11-16(17)12-10-14/h2-13H,1H3. The first kappa shape index (κ1) is 12.4. The summed E-state index contributed by atoms with van der Waals surface area (Å²) in [4.78, 5) is 0. The van der Waals surface area contributed by atoms with Crippen LogP contribution in [0.2, 0.25) is 0 Å². The minimum atomic E-state index is 0.454. The van der Waals surface area contributed by atoms with E-state index in [1.807, 2.05) is 0 Å². The Morgan fingerprint density at radius 2 is 1.59 bits per heavy atom. The van der Waals surface area contributed by atoms with Crippen LogP contribution in [-0.4, -0.2) is 0 Å². The third kappa shape index (κ3) is 3.70. The quantitative estimate of drug-likeness (QED) is 0.685. The van der Waals surface area contributed by atoms with Crippen LogP contribution in [0.3, 0.4) is 0 Å². The van der Waals surface area contributed by atoms with E-state index in [1.54, 1.807) is 0 Å². The molecule has 0 aliphatic carbocycles. The molecular weight excluding hydrogens is 319 g/mol. The maximum absolute atomic E-state index is 2.32. The highest BCUT2D eigenvalue weighted by atomic mass is 127. The van der Waals surface area contributed by atoms with Crippen molar-refractivity contribution in [3.63, 3.8) is 0 Å². The van der Waals surface area contributed by atoms with Crippen molar-refractivity contribution in [2.45, 2.75) is 12.8 Å². The maximum Gasteiger partial charge on any atom is 0.0130 e. The SMILES string of the molecule is CC(C=Cc1ccc(I)cc1)c1ccccc1. The van der Waals surface area contributed by atoms with E-state index in [-0.39, 0.29) is 0 Å². The summed E-state index contributed by atoms with van der Waals surface area (Å²) in [6.45, 7) is 2.22. The van der Waals surface area contributed by atoms with Crippen LogP contribution in [0.4, 0.5) is 0 Å². The van der Waals surface area contributed by atoms with Crippen molar-refractivity contribution in [1.82, 2.24) is 0 Å². The van der Waals surface area contributed by atoms with E-state index in [0.717, 1.165) is 0 Å². The Morgan fingerprint density at radius 1 is 0.941 bits per heavy atom. The van der Waals surface area contributed by atoms with Crippen molar-refractivity contribution in [3.8, 4) is 0 Å². The molecule has 0 nitrogen and oxygen atoms in total. The lowest BCUT2D eigenvalue weighted by atomic mass is 10.00. The van der Waals surface area contributed by atoms with E-state index in [4.69, 9.17) is 0 Å². The molecule has 0 amide bonds. The lowest BCUT2D eigenvalue weighted by Crippen LogP contribution is -1.87. The number of rotatable bonds is 3. The molecule has 1 heteroatoms. The molecule has 0 heterocycles. The summed E-state index contributed by atoms with van der Waals surface area (Å²) in [5.41, 5.74) is 2.61. The lowest BCUT2D eigenvalue weighted by Gasteiger charge is -2.05. The van der Waals surface area contributed by atoms with Gasteiger partial charge in [-0.15, -0.1) is 0 Å². The van der Waals surface area contributed by atoms with Crippen LogP contribution < -0.4 is 0 Å². The van der Waals surface area contributed by atoms with Crippen molar-refractivity contribution < 1.29 is 0 Å². The molecule has 2 rings (SSSR count). The van der Waals surface area contributed by atoms with Crippen LogP contribution >= 0.6 is 22.6 Å². The number of benzene rings is 2. The Bertz CT molecular complexity index is 483. The van der Waals surface area contributed by atoms with Gasteiger partial charge in [-0.1, -0.05) is 61.5 Å². The molecule has 0 N–H and O–H groups in total. The van der Waals surface area contributed by atoms with Crippen molar-refractivity contribution in [2.24, 2.45) is 0 Å². The van der Waals surface area contributed by atoms with Crippen molar-refractivity contribution in [2.75, 3.05) is 0 Å². The molecule has 0 fully saturated rings. The van der Waals surface area contributed by atoms with Gasteiger partial charge < -0.3 is 0 Å². The maximum atomic E-state index is 2.32. The topological polar surface area (TPSA) is 0 Å². The number of halogens is 1. The van der Waals surface area contributed by atoms with Crippen LogP contribution in [0, 0.1) is 3.57 Å². The van der Waals surface area contributed by atoms with Crippen LogP contribution in [0.5, 0.6) is 0 Å². The third-order valence-corrected chi connectivity index (χ3v) is 3.49. The minimum absolute atomic E-state index is 0.454. The molecule has 0 aliphatic heterocycles. The molecule has 86 valence electrons. The van der Waals surface area contributed by atoms with Gasteiger partial charge in [-0.3, -0.25) is 0 Å². The average molecular weight is 334 g/mol. The van der Waals surface area contributed by atoms with E-state index in [9.17, 15) is 0 Å². The molecule has 0 saturated carbocycles. The van der Waals surface area contributed by atoms with Gasteiger partial charge in [0.1, 0.15) is 0 Å². The van der Waals surface area contributed by atoms with Gasteiger partial charge in [0.2, 0.25) is 0 Å². The summed E-state index contributed by atoms with van der Waals surface area (Å²) < 4.78 is 1.27. The zero-order valence-electron chi connectivity index (χ0n) is 9.81. The first-order valence-electron chi connectivity index (χ1n) is 5.74. The number of allylic oxidation sites excluding steroid dienone is 1. The van der Waals surface area contributed by atoms with Crippen molar-refractivity contribution >= 4 is 28.7 Å². The fourth-order valence-corrected chi connectivity index (χ4v) is 2.06. The molecule has 17 heavy (non-hydrogen) atoms. The van der Waals surface area contributed by atoms with E-state index in [2.05, 4.69) is 96.3 Å². The van der Waals surface area contributed by atoms with Crippen LogP contribution in [-0.2, 0) is 0 Å². The number of hydrogen-bond donors (Lipinski definition) is 0. The molecule has 1 atom stereocenters. The smallest absolute Gasteiger partial charge is 0.0130 e. The Labute approximate surface area is 117 Å². The lowest BCUT2D eigenvalue weighted by molar-refractivity contribution is 0.973. The molecule has 0 aromatic heterocycles. The van der Waals surface area contributed by atoms with Crippen molar-refractivity contribution in [1.29, 1.82) is 0 Å². The highest BCUT2D eigenvalue weighted by molar-refractivity contribution is 14.1. The van der Waals surface area contributed by atoms with Gasteiger partial charge in [-0.05, 0) is 51.8 Å². The summed E-state index contributed by atoms with van der Waals surface area (Å²) in [6.07, 6.45) is 4.44. The van der Waals surface area contributed by atoms with Gasteiger partial charge in [-0.2, -0.15) is 0 Å². The van der Waals surface area contributed by atoms with Gasteiger partial charge in [0, 0.05) is 3.57 Å². The minimum Gasteiger partial charge on any atom is -0.0767 e. The molecule has 0 radical (unpaired) electrons. The number of hydrogen-bond acceptors (Lipinski definition) is 0. The van der Waals surface area contributed by atoms with Crippen LogP contribution in [0.1, 0.15) is 24.0 Å². The summed E-state index contributed by atoms with van der Waals surface area (Å²) >= 11 is 2.32.